The van der Waals surface area contributed by atoms with E-state index >= 15 is 0 Å². The first kappa shape index (κ1) is 19.9. The maximum Gasteiger partial charge on any atom is 2.00 e. The fourth-order valence-corrected chi connectivity index (χ4v) is 1.90. The van der Waals surface area contributed by atoms with Crippen LogP contribution in [0.3, 0.4) is 0 Å². The number of rotatable bonds is 1. The fourth-order valence-electron chi connectivity index (χ4n) is 1.90. The van der Waals surface area contributed by atoms with Crippen LogP contribution in [0.15, 0.2) is 40.2 Å². The number of hydrogen-bond acceptors (Lipinski definition) is 5. The summed E-state index contributed by atoms with van der Waals surface area (Å²) >= 11 is 0. The first-order chi connectivity index (χ1) is 10.8. The Morgan fingerprint density at radius 3 is 2.42 bits per heavy atom. The Morgan fingerprint density at radius 2 is 1.88 bits per heavy atom. The molecule has 0 saturated heterocycles. The van der Waals surface area contributed by atoms with Gasteiger partial charge in [0.05, 0.1) is 11.9 Å². The average Bonchev–Trinajstić information content (AvgIpc) is 2.88. The van der Waals surface area contributed by atoms with E-state index in [1.807, 2.05) is 0 Å². The number of carboxylic acid groups (broad SMARTS) is 1. The van der Waals surface area contributed by atoms with Crippen molar-refractivity contribution in [2.24, 2.45) is 14.1 Å². The number of aryl methyl sites for hydroxylation is 2. The molecule has 1 aromatic carbocycles. The van der Waals surface area contributed by atoms with Crippen LogP contribution in [0.2, 0.25) is 0 Å². The Balaban J connectivity index is 0.000000238. The molecule has 0 amide bonds. The number of carboxylic acids is 1. The molecule has 10 heteroatoms. The second kappa shape index (κ2) is 8.13. The number of aromatic amines is 1. The largest absolute Gasteiger partial charge is 2.00 e. The maximum atomic E-state index is 11.3. The second-order valence-electron chi connectivity index (χ2n) is 4.65. The van der Waals surface area contributed by atoms with Gasteiger partial charge in [0.15, 0.2) is 11.2 Å². The Hall–Kier alpha value is -2.10. The third kappa shape index (κ3) is 4.05. The first-order valence-electron chi connectivity index (χ1n) is 6.42. The number of fused-ring (bicyclic) bond motifs is 1. The molecule has 0 aliphatic carbocycles. The molecule has 0 radical (unpaired) electrons. The summed E-state index contributed by atoms with van der Waals surface area (Å²) in [4.78, 5) is 38.8. The van der Waals surface area contributed by atoms with E-state index in [0.717, 1.165) is 0 Å². The molecule has 0 bridgehead atoms. The molecule has 3 rings (SSSR count). The number of nitrogens with one attached hydrogen (secondary N) is 1. The molecular formula is C14H13CaN4O5+. The van der Waals surface area contributed by atoms with E-state index in [9.17, 15) is 19.5 Å². The van der Waals surface area contributed by atoms with Crippen LogP contribution in [0.5, 0.6) is 5.75 Å². The van der Waals surface area contributed by atoms with Crippen LogP contribution in [0.4, 0.5) is 0 Å². The van der Waals surface area contributed by atoms with Gasteiger partial charge >= 0.3 is 49.4 Å². The van der Waals surface area contributed by atoms with Gasteiger partial charge < -0.3 is 14.8 Å². The number of aromatic nitrogens is 4. The number of hydrogen-bond donors (Lipinski definition) is 2. The van der Waals surface area contributed by atoms with E-state index in [4.69, 9.17) is 5.11 Å². The van der Waals surface area contributed by atoms with E-state index in [0.29, 0.717) is 11.2 Å². The zero-order valence-electron chi connectivity index (χ0n) is 13.0. The molecule has 0 aliphatic heterocycles. The van der Waals surface area contributed by atoms with Crippen molar-refractivity contribution in [2.45, 2.75) is 0 Å². The molecular weight excluding hydrogens is 344 g/mol. The minimum absolute atomic E-state index is 0. The summed E-state index contributed by atoms with van der Waals surface area (Å²) in [6.07, 6.45) is 1.50. The standard InChI is InChI=1S/C7H8N4O2.C7H6O3.Ca/c1-10-3-8-5-4(10)6(12)9-7(13)11(5)2;8-6-4-2-1-3-5(6)7(9)10;/h3H,1-2H3,(H,9,12,13);1-4,8H,(H,9,10);/q;;+2/p-1. The molecule has 0 fully saturated rings. The first-order valence-corrected chi connectivity index (χ1v) is 6.42. The molecule has 2 N–H and O–H groups in total. The van der Waals surface area contributed by atoms with Crippen LogP contribution in [0, 0.1) is 0 Å². The topological polar surface area (TPSA) is 133 Å². The van der Waals surface area contributed by atoms with Crippen molar-refractivity contribution >= 4 is 54.9 Å². The zero-order chi connectivity index (χ0) is 17.1. The van der Waals surface area contributed by atoms with Crippen LogP contribution < -0.4 is 16.4 Å². The summed E-state index contributed by atoms with van der Waals surface area (Å²) < 4.78 is 2.88. The van der Waals surface area contributed by atoms with Gasteiger partial charge in [-0.2, -0.15) is 0 Å². The average molecular weight is 357 g/mol. The van der Waals surface area contributed by atoms with Gasteiger partial charge in [-0.05, 0) is 6.07 Å². The summed E-state index contributed by atoms with van der Waals surface area (Å²) in [5, 5.41) is 19.0. The van der Waals surface area contributed by atoms with Crippen LogP contribution in [-0.2, 0) is 14.1 Å². The zero-order valence-corrected chi connectivity index (χ0v) is 15.2. The molecule has 0 spiro atoms. The van der Waals surface area contributed by atoms with Gasteiger partial charge in [0, 0.05) is 14.1 Å². The summed E-state index contributed by atoms with van der Waals surface area (Å²) in [6.45, 7) is 0. The third-order valence-corrected chi connectivity index (χ3v) is 3.09. The fraction of sp³-hybridized carbons (Fsp3) is 0.143. The molecule has 9 nitrogen and oxygen atoms in total. The van der Waals surface area contributed by atoms with Crippen molar-refractivity contribution < 1.29 is 15.0 Å². The van der Waals surface area contributed by atoms with Crippen molar-refractivity contribution in [3.05, 3.63) is 57.0 Å². The van der Waals surface area contributed by atoms with Gasteiger partial charge in [0.1, 0.15) is 0 Å². The summed E-state index contributed by atoms with van der Waals surface area (Å²) in [7, 11) is 3.27. The predicted molar refractivity (Wildman–Crippen MR) is 85.2 cm³/mol. The Kier molecular flexibility index (Phi) is 6.76. The second-order valence-corrected chi connectivity index (χ2v) is 4.65. The SMILES string of the molecule is Cn1cnc2c1c(=O)[nH]c(=O)n2C.O=C(O)c1ccccc1[O-].[Ca+2]. The summed E-state index contributed by atoms with van der Waals surface area (Å²) in [5.41, 5.74) is -0.227. The van der Waals surface area contributed by atoms with Crippen LogP contribution in [-0.4, -0.2) is 67.9 Å². The Labute approximate surface area is 165 Å². The van der Waals surface area contributed by atoms with Crippen LogP contribution >= 0.6 is 0 Å². The molecule has 3 aromatic rings. The molecule has 0 saturated carbocycles. The van der Waals surface area contributed by atoms with Gasteiger partial charge in [-0.25, -0.2) is 14.6 Å². The number of para-hydroxylation sites is 1. The number of aromatic carboxylic acids is 1. The third-order valence-electron chi connectivity index (χ3n) is 3.09. The molecule has 0 unspecified atom stereocenters. The monoisotopic (exact) mass is 357 g/mol. The number of imidazole rings is 1. The number of nitrogens with zero attached hydrogens (tertiary/aromatic N) is 3. The number of benzene rings is 1. The predicted octanol–water partition coefficient (Wildman–Crippen LogP) is -0.962. The van der Waals surface area contributed by atoms with Gasteiger partial charge in [-0.3, -0.25) is 14.3 Å². The molecule has 120 valence electrons. The molecule has 0 aliphatic rings. The minimum Gasteiger partial charge on any atom is -0.872 e. The van der Waals surface area contributed by atoms with Gasteiger partial charge in [-0.1, -0.05) is 23.9 Å². The molecule has 0 atom stereocenters. The van der Waals surface area contributed by atoms with Gasteiger partial charge in [-0.15, -0.1) is 0 Å². The van der Waals surface area contributed by atoms with Gasteiger partial charge in [0.25, 0.3) is 5.56 Å². The maximum absolute atomic E-state index is 11.3. The van der Waals surface area contributed by atoms with Crippen molar-refractivity contribution in [1.82, 2.24) is 19.1 Å². The van der Waals surface area contributed by atoms with Crippen LogP contribution in [0.1, 0.15) is 10.4 Å². The van der Waals surface area contributed by atoms with Crippen molar-refractivity contribution in [3.63, 3.8) is 0 Å². The van der Waals surface area contributed by atoms with Crippen molar-refractivity contribution in [3.8, 4) is 5.75 Å². The quantitative estimate of drug-likeness (QED) is 0.539. The van der Waals surface area contributed by atoms with E-state index in [1.165, 1.54) is 35.2 Å². The van der Waals surface area contributed by atoms with E-state index in [1.54, 1.807) is 18.7 Å². The van der Waals surface area contributed by atoms with E-state index in [-0.39, 0.29) is 43.3 Å². The normalized spacial score (nSPS) is 9.75. The molecule has 2 heterocycles. The van der Waals surface area contributed by atoms with E-state index in [2.05, 4.69) is 9.97 Å². The minimum atomic E-state index is -1.18. The Morgan fingerprint density at radius 1 is 1.25 bits per heavy atom. The number of carbonyl (C=O) groups is 1. The van der Waals surface area contributed by atoms with Crippen molar-refractivity contribution in [1.29, 1.82) is 0 Å². The summed E-state index contributed by atoms with van der Waals surface area (Å²) in [6, 6.07) is 5.54. The summed E-state index contributed by atoms with van der Waals surface area (Å²) in [5.74, 6) is -1.62. The number of H-pyrrole nitrogens is 1. The van der Waals surface area contributed by atoms with Crippen molar-refractivity contribution in [2.75, 3.05) is 0 Å². The molecule has 24 heavy (non-hydrogen) atoms. The smallest absolute Gasteiger partial charge is 0.872 e. The van der Waals surface area contributed by atoms with E-state index < -0.39 is 23.0 Å². The Bertz CT molecular complexity index is 989. The van der Waals surface area contributed by atoms with Crippen LogP contribution in [0.25, 0.3) is 11.2 Å². The van der Waals surface area contributed by atoms with Gasteiger partial charge in [0.2, 0.25) is 0 Å². The molecule has 2 aromatic heterocycles.